The first-order valence-corrected chi connectivity index (χ1v) is 4.35. The zero-order valence-corrected chi connectivity index (χ0v) is 8.23. The third kappa shape index (κ3) is 2.00. The maximum atomic E-state index is 5.68. The molecule has 0 aliphatic heterocycles. The van der Waals surface area contributed by atoms with Crippen LogP contribution in [0.1, 0.15) is 0 Å². The molecule has 0 aliphatic carbocycles. The maximum Gasteiger partial charge on any atom is 0.150 e. The van der Waals surface area contributed by atoms with Gasteiger partial charge in [-0.25, -0.2) is 4.98 Å². The number of nitrogens with zero attached hydrogens (tertiary/aromatic N) is 4. The van der Waals surface area contributed by atoms with E-state index in [9.17, 15) is 0 Å². The molecule has 2 aromatic heterocycles. The smallest absolute Gasteiger partial charge is 0.150 e. The Morgan fingerprint density at radius 3 is 2.86 bits per heavy atom. The van der Waals surface area contributed by atoms with Gasteiger partial charge in [-0.05, 0) is 0 Å². The standard InChI is InChI=1S/C8H8ClN5/c1-14-5-6(2-11-14)12-8-4-10-3-7(9)13-8/h2-5H,1H3,(H,12,13). The summed E-state index contributed by atoms with van der Waals surface area (Å²) in [5, 5.41) is 7.39. The molecule has 6 heteroatoms. The highest BCUT2D eigenvalue weighted by atomic mass is 35.5. The molecule has 0 bridgehead atoms. The quantitative estimate of drug-likeness (QED) is 0.817. The lowest BCUT2D eigenvalue weighted by atomic mass is 10.5. The third-order valence-electron chi connectivity index (χ3n) is 1.58. The third-order valence-corrected chi connectivity index (χ3v) is 1.76. The van der Waals surface area contributed by atoms with E-state index in [1.54, 1.807) is 17.1 Å². The molecule has 0 saturated carbocycles. The van der Waals surface area contributed by atoms with Crippen LogP contribution in [-0.2, 0) is 7.05 Å². The van der Waals surface area contributed by atoms with Crippen LogP contribution < -0.4 is 5.32 Å². The van der Waals surface area contributed by atoms with Gasteiger partial charge in [0, 0.05) is 13.2 Å². The number of hydrogen-bond donors (Lipinski definition) is 1. The van der Waals surface area contributed by atoms with Crippen molar-refractivity contribution in [2.24, 2.45) is 7.05 Å². The average Bonchev–Trinajstić information content (AvgIpc) is 2.51. The van der Waals surface area contributed by atoms with E-state index in [1.807, 2.05) is 13.2 Å². The normalized spacial score (nSPS) is 10.1. The Kier molecular flexibility index (Phi) is 2.32. The van der Waals surface area contributed by atoms with E-state index < -0.39 is 0 Å². The van der Waals surface area contributed by atoms with Crippen molar-refractivity contribution in [2.45, 2.75) is 0 Å². The largest absolute Gasteiger partial charge is 0.336 e. The SMILES string of the molecule is Cn1cc(Nc2cncc(Cl)n2)cn1. The van der Waals surface area contributed by atoms with Gasteiger partial charge in [0.05, 0.1) is 24.3 Å². The Bertz CT molecular complexity index is 439. The Labute approximate surface area is 85.8 Å². The summed E-state index contributed by atoms with van der Waals surface area (Å²) in [5.74, 6) is 0.602. The maximum absolute atomic E-state index is 5.68. The molecule has 72 valence electrons. The second-order valence-electron chi connectivity index (χ2n) is 2.75. The van der Waals surface area contributed by atoms with Crippen molar-refractivity contribution in [3.05, 3.63) is 29.9 Å². The fraction of sp³-hybridized carbons (Fsp3) is 0.125. The molecule has 14 heavy (non-hydrogen) atoms. The molecule has 2 heterocycles. The van der Waals surface area contributed by atoms with E-state index in [0.29, 0.717) is 11.0 Å². The fourth-order valence-corrected chi connectivity index (χ4v) is 1.18. The molecule has 2 rings (SSSR count). The van der Waals surface area contributed by atoms with Gasteiger partial charge in [-0.15, -0.1) is 0 Å². The number of hydrogen-bond acceptors (Lipinski definition) is 4. The summed E-state index contributed by atoms with van der Waals surface area (Å²) in [6.45, 7) is 0. The van der Waals surface area contributed by atoms with Crippen molar-refractivity contribution < 1.29 is 0 Å². The van der Waals surface area contributed by atoms with Gasteiger partial charge in [-0.3, -0.25) is 9.67 Å². The van der Waals surface area contributed by atoms with Crippen LogP contribution in [0.25, 0.3) is 0 Å². The summed E-state index contributed by atoms with van der Waals surface area (Å²) >= 11 is 5.68. The van der Waals surface area contributed by atoms with E-state index in [-0.39, 0.29) is 0 Å². The summed E-state index contributed by atoms with van der Waals surface area (Å²) in [7, 11) is 1.84. The summed E-state index contributed by atoms with van der Waals surface area (Å²) in [6.07, 6.45) is 6.61. The Hall–Kier alpha value is -1.62. The van der Waals surface area contributed by atoms with Crippen LogP contribution >= 0.6 is 11.6 Å². The van der Waals surface area contributed by atoms with E-state index in [1.165, 1.54) is 6.20 Å². The zero-order chi connectivity index (χ0) is 9.97. The number of aromatic nitrogens is 4. The molecule has 0 aliphatic rings. The van der Waals surface area contributed by atoms with E-state index >= 15 is 0 Å². The van der Waals surface area contributed by atoms with Gasteiger partial charge >= 0.3 is 0 Å². The van der Waals surface area contributed by atoms with Crippen molar-refractivity contribution >= 4 is 23.1 Å². The topological polar surface area (TPSA) is 55.6 Å². The number of aryl methyl sites for hydroxylation is 1. The van der Waals surface area contributed by atoms with Crippen LogP contribution in [-0.4, -0.2) is 19.7 Å². The van der Waals surface area contributed by atoms with Crippen LogP contribution in [0.4, 0.5) is 11.5 Å². The predicted octanol–water partition coefficient (Wildman–Crippen LogP) is 1.61. The highest BCUT2D eigenvalue weighted by molar-refractivity contribution is 6.29. The zero-order valence-electron chi connectivity index (χ0n) is 7.48. The Morgan fingerprint density at radius 2 is 2.21 bits per heavy atom. The first-order chi connectivity index (χ1) is 6.74. The van der Waals surface area contributed by atoms with Crippen LogP contribution in [0.2, 0.25) is 5.15 Å². The molecule has 5 nitrogen and oxygen atoms in total. The summed E-state index contributed by atoms with van der Waals surface area (Å²) in [6, 6.07) is 0. The number of rotatable bonds is 2. The molecular formula is C8H8ClN5. The van der Waals surface area contributed by atoms with Gasteiger partial charge in [0.15, 0.2) is 5.82 Å². The van der Waals surface area contributed by atoms with Crippen molar-refractivity contribution in [3.8, 4) is 0 Å². The van der Waals surface area contributed by atoms with Crippen LogP contribution in [0.5, 0.6) is 0 Å². The molecule has 0 saturated heterocycles. The molecule has 0 radical (unpaired) electrons. The average molecular weight is 210 g/mol. The molecule has 0 atom stereocenters. The highest BCUT2D eigenvalue weighted by Gasteiger charge is 1.98. The molecular weight excluding hydrogens is 202 g/mol. The predicted molar refractivity (Wildman–Crippen MR) is 53.5 cm³/mol. The minimum Gasteiger partial charge on any atom is -0.336 e. The first-order valence-electron chi connectivity index (χ1n) is 3.97. The molecule has 0 amide bonds. The van der Waals surface area contributed by atoms with Gasteiger partial charge in [-0.2, -0.15) is 5.10 Å². The lowest BCUT2D eigenvalue weighted by Crippen LogP contribution is -1.93. The molecule has 0 fully saturated rings. The number of halogens is 1. The second kappa shape index (κ2) is 3.63. The molecule has 1 N–H and O–H groups in total. The molecule has 2 aromatic rings. The Morgan fingerprint density at radius 1 is 1.36 bits per heavy atom. The first kappa shape index (κ1) is 8.96. The van der Waals surface area contributed by atoms with E-state index in [2.05, 4.69) is 20.4 Å². The lowest BCUT2D eigenvalue weighted by molar-refractivity contribution is 0.768. The minimum absolute atomic E-state index is 0.360. The van der Waals surface area contributed by atoms with Gasteiger partial charge < -0.3 is 5.32 Å². The van der Waals surface area contributed by atoms with Crippen molar-refractivity contribution in [3.63, 3.8) is 0 Å². The monoisotopic (exact) mass is 209 g/mol. The number of nitrogens with one attached hydrogen (secondary N) is 1. The summed E-state index contributed by atoms with van der Waals surface area (Å²) in [5.41, 5.74) is 0.851. The van der Waals surface area contributed by atoms with E-state index in [0.717, 1.165) is 5.69 Å². The number of anilines is 2. The molecule has 0 unspecified atom stereocenters. The van der Waals surface area contributed by atoms with Crippen LogP contribution in [0.15, 0.2) is 24.8 Å². The summed E-state index contributed by atoms with van der Waals surface area (Å²) in [4.78, 5) is 7.94. The van der Waals surface area contributed by atoms with Crippen LogP contribution in [0, 0.1) is 0 Å². The minimum atomic E-state index is 0.360. The lowest BCUT2D eigenvalue weighted by Gasteiger charge is -2.00. The summed E-state index contributed by atoms with van der Waals surface area (Å²) < 4.78 is 1.69. The fourth-order valence-electron chi connectivity index (χ4n) is 1.04. The van der Waals surface area contributed by atoms with Crippen molar-refractivity contribution in [1.29, 1.82) is 0 Å². The second-order valence-corrected chi connectivity index (χ2v) is 3.14. The molecule has 0 spiro atoms. The van der Waals surface area contributed by atoms with Crippen molar-refractivity contribution in [1.82, 2.24) is 19.7 Å². The van der Waals surface area contributed by atoms with Gasteiger partial charge in [0.2, 0.25) is 0 Å². The van der Waals surface area contributed by atoms with E-state index in [4.69, 9.17) is 11.6 Å². The molecule has 0 aromatic carbocycles. The van der Waals surface area contributed by atoms with Gasteiger partial charge in [0.25, 0.3) is 0 Å². The highest BCUT2D eigenvalue weighted by Crippen LogP contribution is 2.13. The van der Waals surface area contributed by atoms with Gasteiger partial charge in [-0.1, -0.05) is 11.6 Å². The van der Waals surface area contributed by atoms with Gasteiger partial charge in [0.1, 0.15) is 5.15 Å². The van der Waals surface area contributed by atoms with Crippen LogP contribution in [0.3, 0.4) is 0 Å². The van der Waals surface area contributed by atoms with Crippen molar-refractivity contribution in [2.75, 3.05) is 5.32 Å². The Balaban J connectivity index is 2.18.